The van der Waals surface area contributed by atoms with E-state index in [2.05, 4.69) is 5.10 Å². The second-order valence-electron chi connectivity index (χ2n) is 4.44. The van der Waals surface area contributed by atoms with Gasteiger partial charge in [0, 0.05) is 20.6 Å². The summed E-state index contributed by atoms with van der Waals surface area (Å²) < 4.78 is 1.62. The van der Waals surface area contributed by atoms with Crippen molar-refractivity contribution in [3.8, 4) is 0 Å². The van der Waals surface area contributed by atoms with Crippen LogP contribution in [0.4, 0.5) is 0 Å². The van der Waals surface area contributed by atoms with Crippen molar-refractivity contribution in [1.29, 1.82) is 0 Å². The number of amides is 1. The second-order valence-corrected chi connectivity index (χ2v) is 4.44. The highest BCUT2D eigenvalue weighted by atomic mass is 16.2. The fourth-order valence-corrected chi connectivity index (χ4v) is 1.94. The Morgan fingerprint density at radius 1 is 1.33 bits per heavy atom. The maximum Gasteiger partial charge on any atom is 0.272 e. The van der Waals surface area contributed by atoms with Crippen LogP contribution in [0.3, 0.4) is 0 Å². The first-order valence-electron chi connectivity index (χ1n) is 5.88. The van der Waals surface area contributed by atoms with E-state index in [1.807, 2.05) is 43.3 Å². The Hall–Kier alpha value is -2.10. The van der Waals surface area contributed by atoms with Crippen molar-refractivity contribution in [3.63, 3.8) is 0 Å². The van der Waals surface area contributed by atoms with Gasteiger partial charge in [0.05, 0.1) is 5.69 Å². The number of aromatic nitrogens is 2. The molecule has 0 aliphatic heterocycles. The first-order valence-corrected chi connectivity index (χ1v) is 5.88. The number of carbonyl (C=O) groups is 1. The molecule has 1 aromatic carbocycles. The lowest BCUT2D eigenvalue weighted by atomic mass is 10.2. The van der Waals surface area contributed by atoms with E-state index in [0.29, 0.717) is 12.2 Å². The number of hydrogen-bond donors (Lipinski definition) is 0. The van der Waals surface area contributed by atoms with Gasteiger partial charge in [-0.2, -0.15) is 5.10 Å². The monoisotopic (exact) mass is 243 g/mol. The van der Waals surface area contributed by atoms with Crippen molar-refractivity contribution in [1.82, 2.24) is 14.7 Å². The molecule has 0 saturated heterocycles. The Balaban J connectivity index is 2.12. The van der Waals surface area contributed by atoms with Crippen LogP contribution in [-0.4, -0.2) is 27.6 Å². The molecule has 0 radical (unpaired) electrons. The molecule has 2 rings (SSSR count). The second kappa shape index (κ2) is 5.04. The summed E-state index contributed by atoms with van der Waals surface area (Å²) in [6, 6.07) is 11.7. The Morgan fingerprint density at radius 2 is 2.00 bits per heavy atom. The molecule has 0 aliphatic rings. The van der Waals surface area contributed by atoms with Crippen LogP contribution in [-0.2, 0) is 13.6 Å². The van der Waals surface area contributed by atoms with E-state index in [1.165, 1.54) is 0 Å². The van der Waals surface area contributed by atoms with Crippen LogP contribution in [0, 0.1) is 6.92 Å². The molecule has 0 aliphatic carbocycles. The zero-order chi connectivity index (χ0) is 13.1. The minimum absolute atomic E-state index is 0.0121. The van der Waals surface area contributed by atoms with Crippen molar-refractivity contribution < 1.29 is 4.79 Å². The van der Waals surface area contributed by atoms with Gasteiger partial charge in [0.2, 0.25) is 0 Å². The molecule has 0 bridgehead atoms. The van der Waals surface area contributed by atoms with Gasteiger partial charge in [-0.3, -0.25) is 9.48 Å². The minimum atomic E-state index is -0.0121. The molecule has 0 spiro atoms. The van der Waals surface area contributed by atoms with Crippen molar-refractivity contribution in [2.24, 2.45) is 7.05 Å². The molecule has 94 valence electrons. The van der Waals surface area contributed by atoms with Gasteiger partial charge in [-0.25, -0.2) is 0 Å². The third-order valence-corrected chi connectivity index (χ3v) is 2.83. The highest BCUT2D eigenvalue weighted by Gasteiger charge is 2.16. The van der Waals surface area contributed by atoms with Crippen LogP contribution >= 0.6 is 0 Å². The number of carbonyl (C=O) groups excluding carboxylic acids is 1. The summed E-state index contributed by atoms with van der Waals surface area (Å²) in [5.41, 5.74) is 2.59. The van der Waals surface area contributed by atoms with Gasteiger partial charge in [0.15, 0.2) is 0 Å². The average molecular weight is 243 g/mol. The van der Waals surface area contributed by atoms with Gasteiger partial charge in [-0.1, -0.05) is 30.3 Å². The highest BCUT2D eigenvalue weighted by molar-refractivity contribution is 5.92. The van der Waals surface area contributed by atoms with Gasteiger partial charge in [-0.05, 0) is 18.6 Å². The van der Waals surface area contributed by atoms with Crippen molar-refractivity contribution >= 4 is 5.91 Å². The number of aryl methyl sites for hydroxylation is 2. The standard InChI is InChI=1S/C14H17N3O/c1-11-9-13(17(3)15-11)14(18)16(2)10-12-7-5-4-6-8-12/h4-9H,10H2,1-3H3. The fraction of sp³-hybridized carbons (Fsp3) is 0.286. The van der Waals surface area contributed by atoms with E-state index in [0.717, 1.165) is 11.3 Å². The molecular weight excluding hydrogens is 226 g/mol. The molecule has 2 aromatic rings. The van der Waals surface area contributed by atoms with Crippen molar-refractivity contribution in [3.05, 3.63) is 53.3 Å². The third kappa shape index (κ3) is 2.59. The lowest BCUT2D eigenvalue weighted by Gasteiger charge is -2.17. The number of benzene rings is 1. The SMILES string of the molecule is Cc1cc(C(=O)N(C)Cc2ccccc2)n(C)n1. The average Bonchev–Trinajstić information content (AvgIpc) is 2.68. The third-order valence-electron chi connectivity index (χ3n) is 2.83. The van der Waals surface area contributed by atoms with E-state index in [1.54, 1.807) is 23.7 Å². The highest BCUT2D eigenvalue weighted by Crippen LogP contribution is 2.09. The summed E-state index contributed by atoms with van der Waals surface area (Å²) in [6.07, 6.45) is 0. The predicted octanol–water partition coefficient (Wildman–Crippen LogP) is 2.00. The molecule has 0 fully saturated rings. The number of rotatable bonds is 3. The van der Waals surface area contributed by atoms with E-state index in [4.69, 9.17) is 0 Å². The minimum Gasteiger partial charge on any atom is -0.336 e. The Morgan fingerprint density at radius 3 is 2.56 bits per heavy atom. The van der Waals surface area contributed by atoms with Crippen LogP contribution in [0.15, 0.2) is 36.4 Å². The van der Waals surface area contributed by atoms with Crippen molar-refractivity contribution in [2.75, 3.05) is 7.05 Å². The maximum atomic E-state index is 12.2. The molecule has 18 heavy (non-hydrogen) atoms. The normalized spacial score (nSPS) is 10.4. The number of nitrogens with zero attached hydrogens (tertiary/aromatic N) is 3. The van der Waals surface area contributed by atoms with Gasteiger partial charge < -0.3 is 4.90 Å². The summed E-state index contributed by atoms with van der Waals surface area (Å²) in [4.78, 5) is 13.9. The molecule has 1 amide bonds. The topological polar surface area (TPSA) is 38.1 Å². The molecular formula is C14H17N3O. The van der Waals surface area contributed by atoms with Gasteiger partial charge >= 0.3 is 0 Å². The van der Waals surface area contributed by atoms with Gasteiger partial charge in [-0.15, -0.1) is 0 Å². The van der Waals surface area contributed by atoms with Crippen LogP contribution < -0.4 is 0 Å². The number of hydrogen-bond acceptors (Lipinski definition) is 2. The largest absolute Gasteiger partial charge is 0.336 e. The van der Waals surface area contributed by atoms with Crippen LogP contribution in [0.5, 0.6) is 0 Å². The van der Waals surface area contributed by atoms with E-state index in [-0.39, 0.29) is 5.91 Å². The fourth-order valence-electron chi connectivity index (χ4n) is 1.94. The van der Waals surface area contributed by atoms with Gasteiger partial charge in [0.1, 0.15) is 5.69 Å². The first-order chi connectivity index (χ1) is 8.58. The van der Waals surface area contributed by atoms with E-state index in [9.17, 15) is 4.79 Å². The molecule has 1 heterocycles. The Kier molecular flexibility index (Phi) is 3.46. The van der Waals surface area contributed by atoms with Crippen LogP contribution in [0.25, 0.3) is 0 Å². The first kappa shape index (κ1) is 12.4. The smallest absolute Gasteiger partial charge is 0.272 e. The Bertz CT molecular complexity index is 545. The Labute approximate surface area is 107 Å². The molecule has 0 saturated carbocycles. The summed E-state index contributed by atoms with van der Waals surface area (Å²) in [7, 11) is 3.59. The molecule has 0 N–H and O–H groups in total. The van der Waals surface area contributed by atoms with Crippen molar-refractivity contribution in [2.45, 2.75) is 13.5 Å². The lowest BCUT2D eigenvalue weighted by Crippen LogP contribution is -2.28. The molecule has 4 heteroatoms. The zero-order valence-corrected chi connectivity index (χ0v) is 10.9. The summed E-state index contributed by atoms with van der Waals surface area (Å²) >= 11 is 0. The summed E-state index contributed by atoms with van der Waals surface area (Å²) in [6.45, 7) is 2.48. The van der Waals surface area contributed by atoms with Crippen LogP contribution in [0.2, 0.25) is 0 Å². The molecule has 0 atom stereocenters. The van der Waals surface area contributed by atoms with Crippen LogP contribution in [0.1, 0.15) is 21.7 Å². The lowest BCUT2D eigenvalue weighted by molar-refractivity contribution is 0.0774. The maximum absolute atomic E-state index is 12.2. The summed E-state index contributed by atoms with van der Waals surface area (Å²) in [5, 5.41) is 4.19. The van der Waals surface area contributed by atoms with Gasteiger partial charge in [0.25, 0.3) is 5.91 Å². The zero-order valence-electron chi connectivity index (χ0n) is 10.9. The quantitative estimate of drug-likeness (QED) is 0.827. The molecule has 0 unspecified atom stereocenters. The van der Waals surface area contributed by atoms with E-state index < -0.39 is 0 Å². The van der Waals surface area contributed by atoms with E-state index >= 15 is 0 Å². The predicted molar refractivity (Wildman–Crippen MR) is 70.2 cm³/mol. The molecule has 1 aromatic heterocycles. The summed E-state index contributed by atoms with van der Waals surface area (Å²) in [5.74, 6) is -0.0121. The molecule has 4 nitrogen and oxygen atoms in total.